The summed E-state index contributed by atoms with van der Waals surface area (Å²) in [4.78, 5) is 0. The van der Waals surface area contributed by atoms with Gasteiger partial charge in [0.25, 0.3) is 0 Å². The first kappa shape index (κ1) is 14.6. The average Bonchev–Trinajstić information content (AvgIpc) is 2.45. The Morgan fingerprint density at radius 3 is 2.50 bits per heavy atom. The van der Waals surface area contributed by atoms with E-state index in [2.05, 4.69) is 62.5 Å². The van der Waals surface area contributed by atoms with E-state index in [0.29, 0.717) is 6.04 Å². The highest BCUT2D eigenvalue weighted by Crippen LogP contribution is 2.28. The average molecular weight is 269 g/mol. The molecule has 2 rings (SSSR count). The fourth-order valence-corrected chi connectivity index (χ4v) is 2.32. The summed E-state index contributed by atoms with van der Waals surface area (Å²) in [5.41, 5.74) is 5.01. The van der Waals surface area contributed by atoms with Gasteiger partial charge < -0.3 is 10.1 Å². The van der Waals surface area contributed by atoms with Gasteiger partial charge in [-0.25, -0.2) is 0 Å². The molecule has 0 fully saturated rings. The van der Waals surface area contributed by atoms with Crippen LogP contribution in [0.5, 0.6) is 5.75 Å². The number of aryl methyl sites for hydroxylation is 1. The van der Waals surface area contributed by atoms with Gasteiger partial charge in [0.2, 0.25) is 0 Å². The molecule has 0 saturated heterocycles. The Hall–Kier alpha value is -1.80. The van der Waals surface area contributed by atoms with E-state index in [4.69, 9.17) is 4.74 Å². The highest BCUT2D eigenvalue weighted by Gasteiger charge is 2.07. The summed E-state index contributed by atoms with van der Waals surface area (Å²) >= 11 is 0. The minimum atomic E-state index is 0.487. The van der Waals surface area contributed by atoms with Gasteiger partial charge >= 0.3 is 0 Å². The number of methoxy groups -OCH3 is 1. The van der Waals surface area contributed by atoms with Crippen molar-refractivity contribution in [2.45, 2.75) is 33.4 Å². The first-order chi connectivity index (χ1) is 9.61. The van der Waals surface area contributed by atoms with Crippen LogP contribution in [0, 0.1) is 6.92 Å². The van der Waals surface area contributed by atoms with Crippen molar-refractivity contribution in [2.24, 2.45) is 0 Å². The second kappa shape index (κ2) is 6.58. The van der Waals surface area contributed by atoms with Crippen molar-refractivity contribution in [1.82, 2.24) is 5.32 Å². The minimum absolute atomic E-state index is 0.487. The molecule has 0 spiro atoms. The lowest BCUT2D eigenvalue weighted by Gasteiger charge is -2.14. The standard InChI is InChI=1S/C18H23NO/c1-13(2)19-12-16-7-5-6-8-17(16)15-9-10-18(20-4)14(3)11-15/h5-11,13,19H,12H2,1-4H3. The number of hydrogen-bond acceptors (Lipinski definition) is 2. The molecule has 0 bridgehead atoms. The normalized spacial score (nSPS) is 10.8. The molecule has 106 valence electrons. The molecule has 0 heterocycles. The summed E-state index contributed by atoms with van der Waals surface area (Å²) < 4.78 is 5.33. The zero-order chi connectivity index (χ0) is 14.5. The summed E-state index contributed by atoms with van der Waals surface area (Å²) in [5.74, 6) is 0.937. The van der Waals surface area contributed by atoms with E-state index < -0.39 is 0 Å². The van der Waals surface area contributed by atoms with Gasteiger partial charge in [-0.05, 0) is 41.3 Å². The molecule has 2 aromatic rings. The van der Waals surface area contributed by atoms with Gasteiger partial charge in [0, 0.05) is 12.6 Å². The predicted octanol–water partition coefficient (Wildman–Crippen LogP) is 4.17. The van der Waals surface area contributed by atoms with Gasteiger partial charge in [0.15, 0.2) is 0 Å². The molecule has 0 atom stereocenters. The van der Waals surface area contributed by atoms with Gasteiger partial charge in [-0.3, -0.25) is 0 Å². The molecule has 0 radical (unpaired) electrons. The van der Waals surface area contributed by atoms with Crippen LogP contribution < -0.4 is 10.1 Å². The van der Waals surface area contributed by atoms with E-state index in [1.54, 1.807) is 7.11 Å². The number of nitrogens with one attached hydrogen (secondary N) is 1. The highest BCUT2D eigenvalue weighted by atomic mass is 16.5. The molecular weight excluding hydrogens is 246 g/mol. The molecule has 0 amide bonds. The zero-order valence-corrected chi connectivity index (χ0v) is 12.7. The van der Waals surface area contributed by atoms with Crippen LogP contribution in [0.1, 0.15) is 25.0 Å². The van der Waals surface area contributed by atoms with Gasteiger partial charge in [0.05, 0.1) is 7.11 Å². The van der Waals surface area contributed by atoms with E-state index in [1.165, 1.54) is 16.7 Å². The molecule has 0 aliphatic heterocycles. The van der Waals surface area contributed by atoms with Crippen LogP contribution in [0.3, 0.4) is 0 Å². The molecule has 0 aromatic heterocycles. The number of benzene rings is 2. The van der Waals surface area contributed by atoms with Crippen LogP contribution >= 0.6 is 0 Å². The fraction of sp³-hybridized carbons (Fsp3) is 0.333. The Kier molecular flexibility index (Phi) is 4.80. The molecule has 2 aromatic carbocycles. The van der Waals surface area contributed by atoms with Crippen molar-refractivity contribution >= 4 is 0 Å². The van der Waals surface area contributed by atoms with Crippen LogP contribution in [0.4, 0.5) is 0 Å². The smallest absolute Gasteiger partial charge is 0.121 e. The Balaban J connectivity index is 2.34. The third kappa shape index (κ3) is 3.40. The largest absolute Gasteiger partial charge is 0.496 e. The van der Waals surface area contributed by atoms with Crippen molar-refractivity contribution in [3.63, 3.8) is 0 Å². The Labute approximate surface area is 121 Å². The molecule has 0 aliphatic carbocycles. The van der Waals surface area contributed by atoms with Crippen molar-refractivity contribution in [2.75, 3.05) is 7.11 Å². The molecule has 0 saturated carbocycles. The van der Waals surface area contributed by atoms with Gasteiger partial charge in [-0.1, -0.05) is 44.2 Å². The summed E-state index contributed by atoms with van der Waals surface area (Å²) in [6.45, 7) is 7.30. The number of hydrogen-bond donors (Lipinski definition) is 1. The summed E-state index contributed by atoms with van der Waals surface area (Å²) in [5, 5.41) is 3.48. The van der Waals surface area contributed by atoms with E-state index in [9.17, 15) is 0 Å². The zero-order valence-electron chi connectivity index (χ0n) is 12.7. The molecule has 2 nitrogen and oxygen atoms in total. The minimum Gasteiger partial charge on any atom is -0.496 e. The highest BCUT2D eigenvalue weighted by molar-refractivity contribution is 5.69. The van der Waals surface area contributed by atoms with Crippen molar-refractivity contribution < 1.29 is 4.74 Å². The first-order valence-electron chi connectivity index (χ1n) is 7.08. The van der Waals surface area contributed by atoms with Crippen LogP contribution in [-0.2, 0) is 6.54 Å². The molecule has 0 aliphatic rings. The molecule has 1 N–H and O–H groups in total. The monoisotopic (exact) mass is 269 g/mol. The lowest BCUT2D eigenvalue weighted by atomic mass is 9.98. The number of rotatable bonds is 5. The lowest BCUT2D eigenvalue weighted by molar-refractivity contribution is 0.412. The SMILES string of the molecule is COc1ccc(-c2ccccc2CNC(C)C)cc1C. The topological polar surface area (TPSA) is 21.3 Å². The van der Waals surface area contributed by atoms with E-state index in [-0.39, 0.29) is 0 Å². The Morgan fingerprint density at radius 2 is 1.85 bits per heavy atom. The number of ether oxygens (including phenoxy) is 1. The van der Waals surface area contributed by atoms with E-state index in [0.717, 1.165) is 17.9 Å². The van der Waals surface area contributed by atoms with Gasteiger partial charge in [0.1, 0.15) is 5.75 Å². The quantitative estimate of drug-likeness (QED) is 0.879. The van der Waals surface area contributed by atoms with Gasteiger partial charge in [-0.15, -0.1) is 0 Å². The molecule has 0 unspecified atom stereocenters. The Morgan fingerprint density at radius 1 is 1.10 bits per heavy atom. The van der Waals surface area contributed by atoms with Crippen molar-refractivity contribution in [3.8, 4) is 16.9 Å². The Bertz CT molecular complexity index is 575. The second-order valence-corrected chi connectivity index (χ2v) is 5.38. The lowest BCUT2D eigenvalue weighted by Crippen LogP contribution is -2.22. The van der Waals surface area contributed by atoms with Crippen LogP contribution in [-0.4, -0.2) is 13.2 Å². The maximum Gasteiger partial charge on any atom is 0.121 e. The van der Waals surface area contributed by atoms with Crippen molar-refractivity contribution in [3.05, 3.63) is 53.6 Å². The van der Waals surface area contributed by atoms with Crippen LogP contribution in [0.2, 0.25) is 0 Å². The summed E-state index contributed by atoms with van der Waals surface area (Å²) in [6, 6.07) is 15.4. The van der Waals surface area contributed by atoms with Gasteiger partial charge in [-0.2, -0.15) is 0 Å². The summed E-state index contributed by atoms with van der Waals surface area (Å²) in [6.07, 6.45) is 0. The maximum atomic E-state index is 5.33. The third-order valence-corrected chi connectivity index (χ3v) is 3.42. The maximum absolute atomic E-state index is 5.33. The molecule has 2 heteroatoms. The first-order valence-corrected chi connectivity index (χ1v) is 7.08. The molecular formula is C18H23NO. The van der Waals surface area contributed by atoms with Crippen LogP contribution in [0.25, 0.3) is 11.1 Å². The fourth-order valence-electron chi connectivity index (χ4n) is 2.32. The van der Waals surface area contributed by atoms with Crippen LogP contribution in [0.15, 0.2) is 42.5 Å². The second-order valence-electron chi connectivity index (χ2n) is 5.38. The predicted molar refractivity (Wildman–Crippen MR) is 85.1 cm³/mol. The van der Waals surface area contributed by atoms with E-state index in [1.807, 2.05) is 6.07 Å². The molecule has 20 heavy (non-hydrogen) atoms. The third-order valence-electron chi connectivity index (χ3n) is 3.42. The summed E-state index contributed by atoms with van der Waals surface area (Å²) in [7, 11) is 1.71. The van der Waals surface area contributed by atoms with E-state index >= 15 is 0 Å². The van der Waals surface area contributed by atoms with Crippen molar-refractivity contribution in [1.29, 1.82) is 0 Å².